The molecule has 3 aliphatic rings. The first-order valence-electron chi connectivity index (χ1n) is 34.5. The average Bonchev–Trinajstić information content (AvgIpc) is 1.40. The molecule has 6 heterocycles. The third-order valence-electron chi connectivity index (χ3n) is 20.6. The number of benzene rings is 13. The number of aromatic nitrogens is 3. The zero-order valence-electron chi connectivity index (χ0n) is 58.2. The van der Waals surface area contributed by atoms with Gasteiger partial charge >= 0.3 is 0 Å². The fourth-order valence-corrected chi connectivity index (χ4v) is 15.3. The van der Waals surface area contributed by atoms with Crippen molar-refractivity contribution in [1.82, 2.24) is 13.7 Å². The lowest BCUT2D eigenvalue weighted by Crippen LogP contribution is -2.30. The van der Waals surface area contributed by atoms with Crippen molar-refractivity contribution in [3.8, 4) is 22.3 Å². The van der Waals surface area contributed by atoms with E-state index in [0.717, 1.165) is 19.3 Å². The Morgan fingerprint density at radius 1 is 0.276 bits per heavy atom. The molecule has 13 aromatic carbocycles. The summed E-state index contributed by atoms with van der Waals surface area (Å²) in [5.41, 5.74) is 29.4. The SMILES string of the molecule is CCc1ccc2c(c1)c1ccccc1n2C.CN1c2ccccc2-c2ccccc2-c2ccccc21.CN1c2ccccc2C(C)(C)c2ccccc21.CN1c2ccccc2CCc2ccccc21.Cc1ccc2c(c1)c1ccccc1n2C.Cn1c2ccccc2c2ccccc21. The standard InChI is InChI=1S/C19H15N.C16H17N.2C15H15N.C14H13N.C13H11N/c1-20-18-12-6-4-10-16(18)14-8-2-3-9-15(14)17-11-5-7-13-19(17)20;1-16(2)12-8-4-6-10-14(12)17(3)15-11-7-5-9-13(15)16;1-16-14-8-4-2-6-12(14)10-11-13-7-3-5-9-15(13)16;1-3-11-8-9-15-13(10-11)12-6-4-5-7-14(12)16(15)2;1-10-7-8-14-12(9-10)11-5-3-4-6-13(11)15(14)2;1-14-12-8-4-2-6-10(12)11-7-3-5-9-13(11)14/h2-13H,1H3;4-11H,1-3H3;2-9H,10-11H2,1H3;4-10H,3H2,1-2H3;3-9H,1-2H3;2-9H,1H3. The van der Waals surface area contributed by atoms with Gasteiger partial charge in [0.2, 0.25) is 0 Å². The van der Waals surface area contributed by atoms with Gasteiger partial charge in [0.15, 0.2) is 0 Å². The Morgan fingerprint density at radius 2 is 0.571 bits per heavy atom. The highest BCUT2D eigenvalue weighted by Gasteiger charge is 2.34. The van der Waals surface area contributed by atoms with Crippen LogP contribution in [0.5, 0.6) is 0 Å². The quantitative estimate of drug-likeness (QED) is 0.164. The van der Waals surface area contributed by atoms with Crippen LogP contribution in [0.25, 0.3) is 87.7 Å². The van der Waals surface area contributed by atoms with E-state index in [9.17, 15) is 0 Å². The number of fused-ring (bicyclic) bond motifs is 18. The average molecular weight is 1280 g/mol. The third-order valence-corrected chi connectivity index (χ3v) is 20.6. The van der Waals surface area contributed by atoms with Crippen LogP contribution in [0.15, 0.2) is 303 Å². The van der Waals surface area contributed by atoms with E-state index in [1.54, 1.807) is 0 Å². The van der Waals surface area contributed by atoms with Crippen molar-refractivity contribution >= 4 is 99.5 Å². The molecule has 0 saturated heterocycles. The highest BCUT2D eigenvalue weighted by molar-refractivity contribution is 6.10. The summed E-state index contributed by atoms with van der Waals surface area (Å²) in [4.78, 5) is 6.87. The van der Waals surface area contributed by atoms with Gasteiger partial charge in [-0.2, -0.15) is 0 Å². The molecule has 6 heteroatoms. The van der Waals surface area contributed by atoms with E-state index in [1.807, 2.05) is 0 Å². The zero-order chi connectivity index (χ0) is 67.6. The molecule has 0 aliphatic carbocycles. The number of anilines is 6. The molecule has 484 valence electrons. The van der Waals surface area contributed by atoms with Gasteiger partial charge in [-0.25, -0.2) is 0 Å². The molecule has 0 radical (unpaired) electrons. The van der Waals surface area contributed by atoms with Gasteiger partial charge in [0.25, 0.3) is 0 Å². The third kappa shape index (κ3) is 12.0. The molecule has 0 atom stereocenters. The molecule has 0 fully saturated rings. The molecular weight excluding hydrogens is 1190 g/mol. The Morgan fingerprint density at radius 3 is 1.00 bits per heavy atom. The van der Waals surface area contributed by atoms with Gasteiger partial charge in [0, 0.05) is 158 Å². The van der Waals surface area contributed by atoms with Crippen LogP contribution < -0.4 is 14.7 Å². The summed E-state index contributed by atoms with van der Waals surface area (Å²) in [6.07, 6.45) is 3.37. The van der Waals surface area contributed by atoms with Crippen LogP contribution in [0.2, 0.25) is 0 Å². The molecule has 6 nitrogen and oxygen atoms in total. The molecule has 0 spiro atoms. The molecular formula is C92H86N6. The summed E-state index contributed by atoms with van der Waals surface area (Å²) >= 11 is 0. The Labute approximate surface area is 578 Å². The molecule has 0 bridgehead atoms. The Bertz CT molecular complexity index is 5340. The summed E-state index contributed by atoms with van der Waals surface area (Å²) < 4.78 is 6.76. The number of rotatable bonds is 1. The zero-order valence-corrected chi connectivity index (χ0v) is 58.2. The second kappa shape index (κ2) is 27.4. The predicted molar refractivity (Wildman–Crippen MR) is 422 cm³/mol. The first-order valence-corrected chi connectivity index (χ1v) is 34.5. The van der Waals surface area contributed by atoms with Crippen LogP contribution in [0, 0.1) is 6.92 Å². The van der Waals surface area contributed by atoms with Gasteiger partial charge in [0.05, 0.1) is 0 Å². The second-order valence-corrected chi connectivity index (χ2v) is 26.6. The van der Waals surface area contributed by atoms with E-state index in [0.29, 0.717) is 0 Å². The van der Waals surface area contributed by atoms with Crippen molar-refractivity contribution in [2.45, 2.75) is 52.4 Å². The highest BCUT2D eigenvalue weighted by Crippen LogP contribution is 2.49. The largest absolute Gasteiger partial charge is 0.344 e. The number of para-hydroxylation sites is 10. The molecule has 19 rings (SSSR count). The van der Waals surface area contributed by atoms with E-state index < -0.39 is 0 Å². The maximum atomic E-state index is 2.32. The van der Waals surface area contributed by atoms with Gasteiger partial charge < -0.3 is 28.4 Å². The van der Waals surface area contributed by atoms with E-state index in [2.05, 4.69) is 402 Å². The highest BCUT2D eigenvalue weighted by atomic mass is 15.1. The normalized spacial score (nSPS) is 12.8. The summed E-state index contributed by atoms with van der Waals surface area (Å²) in [7, 11) is 12.8. The molecule has 0 saturated carbocycles. The van der Waals surface area contributed by atoms with Gasteiger partial charge in [-0.3, -0.25) is 0 Å². The lowest BCUT2D eigenvalue weighted by molar-refractivity contribution is 0.629. The Hall–Kier alpha value is -11.3. The molecule has 0 N–H and O–H groups in total. The number of hydrogen-bond acceptors (Lipinski definition) is 3. The molecule has 16 aromatic rings. The van der Waals surface area contributed by atoms with Gasteiger partial charge in [-0.15, -0.1) is 0 Å². The second-order valence-electron chi connectivity index (χ2n) is 26.6. The molecule has 3 aromatic heterocycles. The van der Waals surface area contributed by atoms with Crippen LogP contribution in [-0.4, -0.2) is 34.8 Å². The number of aryl methyl sites for hydroxylation is 7. The van der Waals surface area contributed by atoms with Gasteiger partial charge in [-0.1, -0.05) is 245 Å². The van der Waals surface area contributed by atoms with Crippen molar-refractivity contribution in [3.05, 3.63) is 337 Å². The Balaban J connectivity index is 0.000000101. The smallest absolute Gasteiger partial charge is 0.0488 e. The monoisotopic (exact) mass is 1270 g/mol. The lowest BCUT2D eigenvalue weighted by Gasteiger charge is -2.40. The summed E-state index contributed by atoms with van der Waals surface area (Å²) in [5, 5.41) is 8.11. The van der Waals surface area contributed by atoms with E-state index in [1.165, 1.54) is 155 Å². The molecule has 98 heavy (non-hydrogen) atoms. The summed E-state index contributed by atoms with van der Waals surface area (Å²) in [6.45, 7) is 8.95. The van der Waals surface area contributed by atoms with Crippen LogP contribution in [0.1, 0.15) is 54.2 Å². The van der Waals surface area contributed by atoms with Crippen LogP contribution in [0.4, 0.5) is 34.1 Å². The van der Waals surface area contributed by atoms with Crippen molar-refractivity contribution in [3.63, 3.8) is 0 Å². The minimum absolute atomic E-state index is 0.0830. The maximum absolute atomic E-state index is 2.32. The van der Waals surface area contributed by atoms with Crippen LogP contribution >= 0.6 is 0 Å². The minimum Gasteiger partial charge on any atom is -0.344 e. The first kappa shape index (κ1) is 64.0. The van der Waals surface area contributed by atoms with Crippen LogP contribution in [0.3, 0.4) is 0 Å². The summed E-state index contributed by atoms with van der Waals surface area (Å²) in [6, 6.07) is 108. The van der Waals surface area contributed by atoms with Gasteiger partial charge in [-0.05, 0) is 150 Å². The van der Waals surface area contributed by atoms with Crippen molar-refractivity contribution < 1.29 is 0 Å². The van der Waals surface area contributed by atoms with Crippen molar-refractivity contribution in [1.29, 1.82) is 0 Å². The van der Waals surface area contributed by atoms with Gasteiger partial charge in [0.1, 0.15) is 0 Å². The minimum atomic E-state index is 0.0830. The van der Waals surface area contributed by atoms with E-state index in [4.69, 9.17) is 0 Å². The fourth-order valence-electron chi connectivity index (χ4n) is 15.3. The van der Waals surface area contributed by atoms with Crippen molar-refractivity contribution in [2.24, 2.45) is 21.1 Å². The first-order chi connectivity index (χ1) is 47.8. The Kier molecular flexibility index (Phi) is 17.9. The molecule has 0 amide bonds. The summed E-state index contributed by atoms with van der Waals surface area (Å²) in [5.74, 6) is 0. The molecule has 3 aliphatic heterocycles. The lowest BCUT2D eigenvalue weighted by atomic mass is 9.74. The van der Waals surface area contributed by atoms with E-state index in [-0.39, 0.29) is 5.41 Å². The van der Waals surface area contributed by atoms with E-state index >= 15 is 0 Å². The predicted octanol–water partition coefficient (Wildman–Crippen LogP) is 23.6. The number of nitrogens with zero attached hydrogens (tertiary/aromatic N) is 6. The fraction of sp³-hybridized carbons (Fsp3) is 0.152. The number of hydrogen-bond donors (Lipinski definition) is 0. The molecule has 0 unspecified atom stereocenters. The van der Waals surface area contributed by atoms with Crippen LogP contribution in [-0.2, 0) is 45.8 Å². The maximum Gasteiger partial charge on any atom is 0.0488 e. The topological polar surface area (TPSA) is 24.5 Å². The van der Waals surface area contributed by atoms with Crippen molar-refractivity contribution in [2.75, 3.05) is 35.8 Å².